The molecule has 1 aromatic heterocycles. The van der Waals surface area contributed by atoms with Crippen LogP contribution in [-0.4, -0.2) is 44.0 Å². The summed E-state index contributed by atoms with van der Waals surface area (Å²) in [5, 5.41) is 19.1. The first-order chi connectivity index (χ1) is 16.6. The van der Waals surface area contributed by atoms with Gasteiger partial charge in [-0.3, -0.25) is 10.1 Å². The molecule has 3 aromatic rings. The van der Waals surface area contributed by atoms with E-state index in [9.17, 15) is 18.5 Å². The van der Waals surface area contributed by atoms with Gasteiger partial charge in [-0.1, -0.05) is 41.1 Å². The Morgan fingerprint density at radius 2 is 1.86 bits per heavy atom. The van der Waals surface area contributed by atoms with Crippen LogP contribution in [0.4, 0.5) is 5.13 Å². The first-order valence-electron chi connectivity index (χ1n) is 10.2. The largest absolute Gasteiger partial charge is 0.490 e. The van der Waals surface area contributed by atoms with Gasteiger partial charge in [0.15, 0.2) is 0 Å². The van der Waals surface area contributed by atoms with E-state index in [1.165, 1.54) is 6.08 Å². The third-order valence-corrected chi connectivity index (χ3v) is 7.32. The van der Waals surface area contributed by atoms with E-state index >= 15 is 0 Å². The smallest absolute Gasteiger partial charge is 0.268 e. The number of hydrogen-bond donors (Lipinski definition) is 1. The maximum absolute atomic E-state index is 12.4. The van der Waals surface area contributed by atoms with Gasteiger partial charge in [-0.2, -0.15) is 5.26 Å². The molecule has 0 saturated carbocycles. The van der Waals surface area contributed by atoms with Crippen LogP contribution in [0.1, 0.15) is 16.7 Å². The topological polar surface area (TPSA) is 131 Å². The van der Waals surface area contributed by atoms with Crippen LogP contribution in [0.15, 0.2) is 46.3 Å². The summed E-state index contributed by atoms with van der Waals surface area (Å²) in [7, 11) is -3.55. The van der Waals surface area contributed by atoms with E-state index in [0.29, 0.717) is 34.3 Å². The number of halogens is 1. The van der Waals surface area contributed by atoms with Crippen molar-refractivity contribution in [3.63, 3.8) is 0 Å². The molecule has 2 aromatic carbocycles. The Morgan fingerprint density at radius 1 is 1.14 bits per heavy atom. The van der Waals surface area contributed by atoms with Crippen molar-refractivity contribution in [2.24, 2.45) is 0 Å². The predicted molar refractivity (Wildman–Crippen MR) is 134 cm³/mol. The van der Waals surface area contributed by atoms with Crippen LogP contribution >= 0.6 is 22.9 Å². The molecule has 0 aliphatic rings. The molecule has 1 amide bonds. The highest BCUT2D eigenvalue weighted by molar-refractivity contribution is 7.92. The zero-order valence-corrected chi connectivity index (χ0v) is 21.4. The van der Waals surface area contributed by atoms with Gasteiger partial charge in [0.2, 0.25) is 19.3 Å². The van der Waals surface area contributed by atoms with Crippen molar-refractivity contribution in [3.05, 3.63) is 63.7 Å². The van der Waals surface area contributed by atoms with Crippen molar-refractivity contribution in [2.45, 2.75) is 18.2 Å². The van der Waals surface area contributed by atoms with E-state index in [0.717, 1.165) is 23.1 Å². The van der Waals surface area contributed by atoms with Crippen molar-refractivity contribution in [2.75, 3.05) is 24.8 Å². The van der Waals surface area contributed by atoms with E-state index in [2.05, 4.69) is 15.5 Å². The number of sulfone groups is 1. The molecule has 0 unspecified atom stereocenters. The molecule has 0 saturated heterocycles. The average Bonchev–Trinajstić information content (AvgIpc) is 3.27. The number of aromatic nitrogens is 2. The van der Waals surface area contributed by atoms with Gasteiger partial charge >= 0.3 is 0 Å². The van der Waals surface area contributed by atoms with Gasteiger partial charge in [-0.15, -0.1) is 10.2 Å². The molecule has 0 spiro atoms. The standard InChI is InChI=1S/C23H21ClN4O5S2/c1-14-4-5-15(2)20(10-14)33-9-8-32-19-7-6-16(12-18(19)24)11-17(13-25)21(29)26-22-27-28-23(34-22)35(3,30)31/h4-7,10-12H,8-9H2,1-3H3,(H,26,27,29). The number of nitriles is 1. The zero-order chi connectivity index (χ0) is 25.6. The van der Waals surface area contributed by atoms with Crippen LogP contribution in [0.25, 0.3) is 6.08 Å². The minimum atomic E-state index is -3.55. The van der Waals surface area contributed by atoms with Crippen LogP contribution in [0.3, 0.4) is 0 Å². The highest BCUT2D eigenvalue weighted by Gasteiger charge is 2.17. The first-order valence-corrected chi connectivity index (χ1v) is 13.2. The Balaban J connectivity index is 1.61. The molecule has 1 N–H and O–H groups in total. The normalized spacial score (nSPS) is 11.6. The Bertz CT molecular complexity index is 1430. The molecule has 0 bridgehead atoms. The van der Waals surface area contributed by atoms with Crippen LogP contribution in [0.2, 0.25) is 5.02 Å². The third-order valence-electron chi connectivity index (χ3n) is 4.52. The maximum atomic E-state index is 12.4. The summed E-state index contributed by atoms with van der Waals surface area (Å²) in [5.74, 6) is 0.464. The molecule has 9 nitrogen and oxygen atoms in total. The molecular formula is C23H21ClN4O5S2. The summed E-state index contributed by atoms with van der Waals surface area (Å²) in [4.78, 5) is 12.4. The van der Waals surface area contributed by atoms with Crippen LogP contribution in [0.5, 0.6) is 11.5 Å². The number of hydrogen-bond acceptors (Lipinski definition) is 9. The van der Waals surface area contributed by atoms with Crippen LogP contribution in [-0.2, 0) is 14.6 Å². The minimum absolute atomic E-state index is 0.0403. The molecule has 182 valence electrons. The lowest BCUT2D eigenvalue weighted by Crippen LogP contribution is -2.13. The van der Waals surface area contributed by atoms with E-state index in [4.69, 9.17) is 21.1 Å². The number of carbonyl (C=O) groups excluding carboxylic acids is 1. The van der Waals surface area contributed by atoms with Gasteiger partial charge in [0.25, 0.3) is 5.91 Å². The van der Waals surface area contributed by atoms with Gasteiger partial charge in [-0.25, -0.2) is 8.42 Å². The monoisotopic (exact) mass is 532 g/mol. The van der Waals surface area contributed by atoms with Gasteiger partial charge in [-0.05, 0) is 54.8 Å². The van der Waals surface area contributed by atoms with Crippen molar-refractivity contribution in [3.8, 4) is 17.6 Å². The Kier molecular flexibility index (Phi) is 8.45. The fraction of sp³-hybridized carbons (Fsp3) is 0.217. The predicted octanol–water partition coefficient (Wildman–Crippen LogP) is 4.22. The van der Waals surface area contributed by atoms with Gasteiger partial charge < -0.3 is 9.47 Å². The molecule has 1 heterocycles. The summed E-state index contributed by atoms with van der Waals surface area (Å²) in [5.41, 5.74) is 2.40. The summed E-state index contributed by atoms with van der Waals surface area (Å²) in [6.07, 6.45) is 2.32. The maximum Gasteiger partial charge on any atom is 0.268 e. The fourth-order valence-electron chi connectivity index (χ4n) is 2.78. The van der Waals surface area contributed by atoms with E-state index in [1.54, 1.807) is 24.3 Å². The lowest BCUT2D eigenvalue weighted by atomic mass is 10.1. The molecule has 3 rings (SSSR count). The number of nitrogens with one attached hydrogen (secondary N) is 1. The second kappa shape index (κ2) is 11.3. The quantitative estimate of drug-likeness (QED) is 0.187. The number of benzene rings is 2. The molecule has 35 heavy (non-hydrogen) atoms. The average molecular weight is 533 g/mol. The van der Waals surface area contributed by atoms with Crippen molar-refractivity contribution >= 4 is 49.9 Å². The van der Waals surface area contributed by atoms with Crippen LogP contribution < -0.4 is 14.8 Å². The molecule has 0 fully saturated rings. The number of anilines is 1. The molecule has 0 aliphatic heterocycles. The lowest BCUT2D eigenvalue weighted by Gasteiger charge is -2.12. The second-order valence-corrected chi connectivity index (χ2v) is 11.0. The summed E-state index contributed by atoms with van der Waals surface area (Å²) < 4.78 is 34.2. The van der Waals surface area contributed by atoms with Gasteiger partial charge in [0.1, 0.15) is 36.4 Å². The number of carbonyl (C=O) groups is 1. The number of aryl methyl sites for hydroxylation is 2. The number of nitrogens with zero attached hydrogens (tertiary/aromatic N) is 3. The fourth-order valence-corrected chi connectivity index (χ4v) is 4.53. The van der Waals surface area contributed by atoms with E-state index in [-0.39, 0.29) is 21.7 Å². The number of ether oxygens (including phenoxy) is 2. The van der Waals surface area contributed by atoms with E-state index in [1.807, 2.05) is 32.0 Å². The zero-order valence-electron chi connectivity index (χ0n) is 19.0. The van der Waals surface area contributed by atoms with Gasteiger partial charge in [0.05, 0.1) is 5.02 Å². The number of rotatable bonds is 9. The first kappa shape index (κ1) is 26.2. The lowest BCUT2D eigenvalue weighted by molar-refractivity contribution is -0.112. The Labute approximate surface area is 211 Å². The minimum Gasteiger partial charge on any atom is -0.490 e. The molecule has 0 aliphatic carbocycles. The number of amides is 1. The molecule has 0 atom stereocenters. The van der Waals surface area contributed by atoms with Crippen molar-refractivity contribution < 1.29 is 22.7 Å². The van der Waals surface area contributed by atoms with Crippen molar-refractivity contribution in [1.29, 1.82) is 5.26 Å². The van der Waals surface area contributed by atoms with Crippen LogP contribution in [0, 0.1) is 25.2 Å². The van der Waals surface area contributed by atoms with Gasteiger partial charge in [0, 0.05) is 6.26 Å². The van der Waals surface area contributed by atoms with Crippen molar-refractivity contribution in [1.82, 2.24) is 10.2 Å². The summed E-state index contributed by atoms with van der Waals surface area (Å²) in [6.45, 7) is 4.55. The highest BCUT2D eigenvalue weighted by Crippen LogP contribution is 2.27. The second-order valence-electron chi connectivity index (χ2n) is 7.42. The Morgan fingerprint density at radius 3 is 2.49 bits per heavy atom. The molecule has 0 radical (unpaired) electrons. The summed E-state index contributed by atoms with van der Waals surface area (Å²) in [6, 6.07) is 12.6. The molecular weight excluding hydrogens is 512 g/mol. The SMILES string of the molecule is Cc1ccc(C)c(OCCOc2ccc(C=C(C#N)C(=O)Nc3nnc(S(C)(=O)=O)s3)cc2Cl)c1. The summed E-state index contributed by atoms with van der Waals surface area (Å²) >= 11 is 6.99. The van der Waals surface area contributed by atoms with E-state index < -0.39 is 15.7 Å². The third kappa shape index (κ3) is 7.26. The highest BCUT2D eigenvalue weighted by atomic mass is 35.5. The Hall–Kier alpha value is -3.46. The molecule has 12 heteroatoms.